The van der Waals surface area contributed by atoms with E-state index in [0.29, 0.717) is 0 Å². The van der Waals surface area contributed by atoms with Gasteiger partial charge in [-0.25, -0.2) is 4.79 Å². The first kappa shape index (κ1) is 23.7. The Balaban J connectivity index is -0.000000392. The summed E-state index contributed by atoms with van der Waals surface area (Å²) in [5.41, 5.74) is 0.256. The molecular weight excluding hydrogens is 315 g/mol. The van der Waals surface area contributed by atoms with Gasteiger partial charge in [0, 0.05) is 16.6 Å². The molecule has 11 heteroatoms. The minimum Gasteiger partial charge on any atom is -0.462 e. The molecule has 8 nitrogen and oxygen atoms in total. The van der Waals surface area contributed by atoms with Crippen LogP contribution in [0.3, 0.4) is 0 Å². The molecule has 0 aliphatic rings. The van der Waals surface area contributed by atoms with Gasteiger partial charge in [0.1, 0.15) is 0 Å². The van der Waals surface area contributed by atoms with Crippen molar-refractivity contribution >= 4 is 27.1 Å². The molecule has 0 radical (unpaired) electrons. The molecule has 0 saturated heterocycles. The van der Waals surface area contributed by atoms with E-state index in [1.165, 1.54) is 6.92 Å². The van der Waals surface area contributed by atoms with Crippen LogP contribution in [-0.4, -0.2) is 35.9 Å². The van der Waals surface area contributed by atoms with E-state index in [9.17, 15) is 13.2 Å². The van der Waals surface area contributed by atoms with Crippen LogP contribution in [0.25, 0.3) is 0 Å². The van der Waals surface area contributed by atoms with Gasteiger partial charge in [-0.3, -0.25) is 4.55 Å². The Hall–Kier alpha value is 0.666. The number of carbonyl (C=O) groups excluding carboxylic acids is 1. The molecule has 0 atom stereocenters. The number of esters is 1. The topological polar surface area (TPSA) is 135 Å². The SMILES string of the molecule is C=C(C)C(=O)OCCCS(=O)(=O)O.O=[S-](=O)O.[K+]. The van der Waals surface area contributed by atoms with Gasteiger partial charge in [0.25, 0.3) is 10.1 Å². The standard InChI is InChI=1S/C7H12O5S.K.HO3S/c1-6(2)7(8)12-4-3-5-13(9,10)11;;1-4(2)3/h1,3-5H2,2H3,(H,9,10,11);;(H,1,2,3)/q;+1;-1. The third-order valence-corrected chi connectivity index (χ3v) is 1.93. The third kappa shape index (κ3) is 25.5. The molecule has 0 unspecified atom stereocenters. The first-order valence-electron chi connectivity index (χ1n) is 4.12. The van der Waals surface area contributed by atoms with Crippen LogP contribution >= 0.6 is 0 Å². The van der Waals surface area contributed by atoms with E-state index in [4.69, 9.17) is 17.5 Å². The zero-order valence-corrected chi connectivity index (χ0v) is 14.7. The van der Waals surface area contributed by atoms with E-state index < -0.39 is 32.8 Å². The summed E-state index contributed by atoms with van der Waals surface area (Å²) in [6.45, 7) is 4.80. The summed E-state index contributed by atoms with van der Waals surface area (Å²) in [5.74, 6) is -0.966. The van der Waals surface area contributed by atoms with E-state index in [0.717, 1.165) is 0 Å². The van der Waals surface area contributed by atoms with Crippen molar-refractivity contribution in [2.24, 2.45) is 0 Å². The largest absolute Gasteiger partial charge is 1.00 e. The minimum absolute atomic E-state index is 0. The Labute approximate surface area is 150 Å². The Bertz CT molecular complexity index is 417. The maximum atomic E-state index is 10.7. The average Bonchev–Trinajstić information content (AvgIpc) is 2.09. The van der Waals surface area contributed by atoms with Gasteiger partial charge in [0.15, 0.2) is 0 Å². The summed E-state index contributed by atoms with van der Waals surface area (Å²) in [6.07, 6.45) is 0.0812. The number of ether oxygens (including phenoxy) is 1. The second-order valence-electron chi connectivity index (χ2n) is 2.77. The molecule has 0 aliphatic carbocycles. The van der Waals surface area contributed by atoms with Crippen molar-refractivity contribution < 1.29 is 86.9 Å². The van der Waals surface area contributed by atoms with Crippen molar-refractivity contribution in [3.8, 4) is 0 Å². The maximum absolute atomic E-state index is 10.7. The third-order valence-electron chi connectivity index (χ3n) is 1.13. The van der Waals surface area contributed by atoms with Crippen LogP contribution in [-0.2, 0) is 39.1 Å². The first-order chi connectivity index (χ1) is 7.56. The van der Waals surface area contributed by atoms with E-state index in [-0.39, 0.29) is 70.0 Å². The van der Waals surface area contributed by atoms with Crippen molar-refractivity contribution in [1.29, 1.82) is 0 Å². The summed E-state index contributed by atoms with van der Waals surface area (Å²) < 4.78 is 57.4. The van der Waals surface area contributed by atoms with Gasteiger partial charge >= 0.3 is 57.4 Å². The van der Waals surface area contributed by atoms with Crippen LogP contribution in [0, 0.1) is 0 Å². The average molecular weight is 328 g/mol. The molecule has 18 heavy (non-hydrogen) atoms. The smallest absolute Gasteiger partial charge is 0.462 e. The second-order valence-corrected chi connectivity index (χ2v) is 4.78. The molecule has 102 valence electrons. The van der Waals surface area contributed by atoms with Crippen molar-refractivity contribution in [3.05, 3.63) is 12.2 Å². The fraction of sp³-hybridized carbons (Fsp3) is 0.571. The van der Waals surface area contributed by atoms with Gasteiger partial charge in [-0.1, -0.05) is 6.58 Å². The molecule has 0 rings (SSSR count). The molecule has 0 fully saturated rings. The normalized spacial score (nSPS) is 9.78. The van der Waals surface area contributed by atoms with Gasteiger partial charge in [-0.2, -0.15) is 8.42 Å². The molecular formula is C7H13KO8S2. The Morgan fingerprint density at radius 2 is 1.78 bits per heavy atom. The maximum Gasteiger partial charge on any atom is 1.00 e. The van der Waals surface area contributed by atoms with Gasteiger partial charge in [0.05, 0.1) is 12.4 Å². The Morgan fingerprint density at radius 1 is 1.39 bits per heavy atom. The summed E-state index contributed by atoms with van der Waals surface area (Å²) in [6, 6.07) is 0. The van der Waals surface area contributed by atoms with Crippen LogP contribution in [0.1, 0.15) is 13.3 Å². The predicted molar refractivity (Wildman–Crippen MR) is 58.2 cm³/mol. The number of hydrogen-bond acceptors (Lipinski definition) is 7. The van der Waals surface area contributed by atoms with Crippen molar-refractivity contribution in [3.63, 3.8) is 0 Å². The number of carbonyl (C=O) groups is 1. The minimum atomic E-state index is -3.96. The van der Waals surface area contributed by atoms with Crippen LogP contribution in [0.2, 0.25) is 0 Å². The molecule has 2 N–H and O–H groups in total. The van der Waals surface area contributed by atoms with E-state index in [1.807, 2.05) is 0 Å². The summed E-state index contributed by atoms with van der Waals surface area (Å²) >= 11 is 0. The molecule has 0 amide bonds. The fourth-order valence-corrected chi connectivity index (χ4v) is 1.01. The monoisotopic (exact) mass is 328 g/mol. The molecule has 0 aromatic carbocycles. The van der Waals surface area contributed by atoms with Gasteiger partial charge in [-0.15, -0.1) is 0 Å². The fourth-order valence-electron chi connectivity index (χ4n) is 0.529. The van der Waals surface area contributed by atoms with E-state index >= 15 is 0 Å². The summed E-state index contributed by atoms with van der Waals surface area (Å²) in [5, 5.41) is 0. The Kier molecular flexibility index (Phi) is 16.7. The van der Waals surface area contributed by atoms with Crippen LogP contribution in [0.15, 0.2) is 12.2 Å². The predicted octanol–water partition coefficient (Wildman–Crippen LogP) is -2.84. The molecule has 0 bridgehead atoms. The first-order valence-corrected chi connectivity index (χ1v) is 6.76. The van der Waals surface area contributed by atoms with Crippen molar-refractivity contribution in [1.82, 2.24) is 0 Å². The van der Waals surface area contributed by atoms with Gasteiger partial charge in [-0.05, 0) is 13.3 Å². The van der Waals surface area contributed by atoms with Crippen molar-refractivity contribution in [2.75, 3.05) is 12.4 Å². The van der Waals surface area contributed by atoms with Crippen LogP contribution < -0.4 is 51.4 Å². The quantitative estimate of drug-likeness (QED) is 0.105. The zero-order valence-electron chi connectivity index (χ0n) is 9.99. The second kappa shape index (κ2) is 12.7. The van der Waals surface area contributed by atoms with Gasteiger partial charge in [0.2, 0.25) is 0 Å². The molecule has 0 aliphatic heterocycles. The van der Waals surface area contributed by atoms with Crippen LogP contribution in [0.4, 0.5) is 0 Å². The zero-order chi connectivity index (χ0) is 14.1. The van der Waals surface area contributed by atoms with Crippen LogP contribution in [0.5, 0.6) is 0 Å². The summed E-state index contributed by atoms with van der Waals surface area (Å²) in [4.78, 5) is 10.7. The summed E-state index contributed by atoms with van der Waals surface area (Å²) in [7, 11) is -6.82. The molecule has 0 aromatic rings. The Morgan fingerprint density at radius 3 is 2.06 bits per heavy atom. The van der Waals surface area contributed by atoms with Gasteiger partial charge < -0.3 is 17.7 Å². The number of hydrogen-bond donors (Lipinski definition) is 2. The number of rotatable bonds is 5. The van der Waals surface area contributed by atoms with E-state index in [1.54, 1.807) is 0 Å². The molecule has 0 spiro atoms. The molecule has 0 saturated carbocycles. The molecule has 0 aromatic heterocycles. The molecule has 0 heterocycles. The van der Waals surface area contributed by atoms with Crippen molar-refractivity contribution in [2.45, 2.75) is 13.3 Å². The van der Waals surface area contributed by atoms with E-state index in [2.05, 4.69) is 11.3 Å².